The van der Waals surface area contributed by atoms with E-state index in [2.05, 4.69) is 10.1 Å². The van der Waals surface area contributed by atoms with Gasteiger partial charge >= 0.3 is 0 Å². The molecule has 3 rings (SSSR count). The molecule has 26 heavy (non-hydrogen) atoms. The van der Waals surface area contributed by atoms with Crippen LogP contribution in [0.2, 0.25) is 0 Å². The Morgan fingerprint density at radius 3 is 2.50 bits per heavy atom. The van der Waals surface area contributed by atoms with E-state index in [1.54, 1.807) is 24.1 Å². The highest BCUT2D eigenvalue weighted by molar-refractivity contribution is 6.08. The smallest absolute Gasteiger partial charge is 0.209 e. The van der Waals surface area contributed by atoms with Crippen LogP contribution in [-0.2, 0) is 0 Å². The van der Waals surface area contributed by atoms with Crippen LogP contribution in [0, 0.1) is 0 Å². The van der Waals surface area contributed by atoms with Crippen LogP contribution >= 0.6 is 0 Å². The molecule has 2 N–H and O–H groups in total. The lowest BCUT2D eigenvalue weighted by Crippen LogP contribution is -2.20. The normalized spacial score (nSPS) is 11.7. The minimum Gasteiger partial charge on any atom is -0.497 e. The second-order valence-corrected chi connectivity index (χ2v) is 5.36. The fourth-order valence-corrected chi connectivity index (χ4v) is 2.37. The number of benzene rings is 2. The van der Waals surface area contributed by atoms with Gasteiger partial charge in [0.15, 0.2) is 5.69 Å². The van der Waals surface area contributed by atoms with Crippen LogP contribution in [-0.4, -0.2) is 22.6 Å². The van der Waals surface area contributed by atoms with Crippen molar-refractivity contribution >= 4 is 11.4 Å². The van der Waals surface area contributed by atoms with Crippen molar-refractivity contribution in [3.8, 4) is 11.4 Å². The predicted octanol–water partition coefficient (Wildman–Crippen LogP) is 2.83. The fourth-order valence-electron chi connectivity index (χ4n) is 2.37. The Balaban J connectivity index is 2.07. The van der Waals surface area contributed by atoms with Gasteiger partial charge in [-0.15, -0.1) is 0 Å². The van der Waals surface area contributed by atoms with Crippen molar-refractivity contribution in [1.82, 2.24) is 9.78 Å². The summed E-state index contributed by atoms with van der Waals surface area (Å²) in [6.07, 6.45) is 4.52. The summed E-state index contributed by atoms with van der Waals surface area (Å²) in [6, 6.07) is 18.1. The third kappa shape index (κ3) is 3.87. The van der Waals surface area contributed by atoms with Crippen LogP contribution < -0.4 is 15.9 Å². The van der Waals surface area contributed by atoms with Crippen molar-refractivity contribution in [2.75, 3.05) is 7.11 Å². The molecule has 0 aliphatic rings. The standard InChI is InChI=1S/C20H18N4O2/c1-26-17-9-7-16(8-10-17)24-14-12-19(25)20(23-24)18(11-13-21)22-15-5-3-2-4-6-15/h2-14H,21H2,1H3. The summed E-state index contributed by atoms with van der Waals surface area (Å²) in [4.78, 5) is 16.9. The second-order valence-electron chi connectivity index (χ2n) is 5.36. The summed E-state index contributed by atoms with van der Waals surface area (Å²) >= 11 is 0. The maximum atomic E-state index is 12.4. The van der Waals surface area contributed by atoms with E-state index in [0.717, 1.165) is 11.4 Å². The molecule has 0 amide bonds. The summed E-state index contributed by atoms with van der Waals surface area (Å²) in [5.74, 6) is 0.743. The van der Waals surface area contributed by atoms with Gasteiger partial charge in [0.2, 0.25) is 5.43 Å². The third-order valence-corrected chi connectivity index (χ3v) is 3.65. The van der Waals surface area contributed by atoms with Crippen molar-refractivity contribution in [3.05, 3.63) is 95.1 Å². The van der Waals surface area contributed by atoms with Gasteiger partial charge in [-0.25, -0.2) is 9.67 Å². The van der Waals surface area contributed by atoms with E-state index < -0.39 is 0 Å². The minimum atomic E-state index is -0.234. The number of ether oxygens (including phenoxy) is 1. The molecule has 0 fully saturated rings. The lowest BCUT2D eigenvalue weighted by Gasteiger charge is -2.08. The van der Waals surface area contributed by atoms with Crippen LogP contribution in [0.25, 0.3) is 5.69 Å². The molecule has 0 aliphatic carbocycles. The number of hydrogen-bond donors (Lipinski definition) is 1. The average molecular weight is 346 g/mol. The van der Waals surface area contributed by atoms with Crippen LogP contribution in [0.1, 0.15) is 5.69 Å². The Morgan fingerprint density at radius 2 is 1.85 bits per heavy atom. The van der Waals surface area contributed by atoms with Gasteiger partial charge in [-0.3, -0.25) is 4.79 Å². The van der Waals surface area contributed by atoms with Crippen molar-refractivity contribution in [3.63, 3.8) is 0 Å². The van der Waals surface area contributed by atoms with Gasteiger partial charge in [-0.2, -0.15) is 5.10 Å². The van der Waals surface area contributed by atoms with Gasteiger partial charge in [0.1, 0.15) is 5.75 Å². The SMILES string of the molecule is COc1ccc(-n2ccc(=O)c(C(C=CN)=Nc3ccccc3)n2)cc1. The first-order valence-corrected chi connectivity index (χ1v) is 7.98. The Labute approximate surface area is 150 Å². The average Bonchev–Trinajstić information content (AvgIpc) is 2.69. The van der Waals surface area contributed by atoms with E-state index >= 15 is 0 Å². The van der Waals surface area contributed by atoms with Gasteiger partial charge in [0.05, 0.1) is 24.2 Å². The number of nitrogens with zero attached hydrogens (tertiary/aromatic N) is 3. The molecule has 130 valence electrons. The van der Waals surface area contributed by atoms with Gasteiger partial charge in [-0.05, 0) is 48.7 Å². The molecule has 1 heterocycles. The first-order chi connectivity index (χ1) is 12.7. The highest BCUT2D eigenvalue weighted by Gasteiger charge is 2.10. The molecule has 0 unspecified atom stereocenters. The zero-order chi connectivity index (χ0) is 18.4. The molecule has 0 radical (unpaired) electrons. The molecule has 0 atom stereocenters. The number of rotatable bonds is 5. The molecular formula is C20H18N4O2. The molecule has 0 bridgehead atoms. The predicted molar refractivity (Wildman–Crippen MR) is 102 cm³/mol. The summed E-state index contributed by atoms with van der Waals surface area (Å²) < 4.78 is 6.77. The van der Waals surface area contributed by atoms with E-state index in [4.69, 9.17) is 10.5 Å². The van der Waals surface area contributed by atoms with Crippen molar-refractivity contribution < 1.29 is 4.74 Å². The first-order valence-electron chi connectivity index (χ1n) is 7.98. The quantitative estimate of drug-likeness (QED) is 0.720. The maximum Gasteiger partial charge on any atom is 0.209 e. The van der Waals surface area contributed by atoms with E-state index in [-0.39, 0.29) is 11.1 Å². The lowest BCUT2D eigenvalue weighted by atomic mass is 10.2. The second kappa shape index (κ2) is 7.94. The number of hydrogen-bond acceptors (Lipinski definition) is 5. The summed E-state index contributed by atoms with van der Waals surface area (Å²) in [5, 5.41) is 4.44. The van der Waals surface area contributed by atoms with Crippen LogP contribution in [0.4, 0.5) is 5.69 Å². The highest BCUT2D eigenvalue weighted by Crippen LogP contribution is 2.15. The highest BCUT2D eigenvalue weighted by atomic mass is 16.5. The lowest BCUT2D eigenvalue weighted by molar-refractivity contribution is 0.414. The van der Waals surface area contributed by atoms with Crippen molar-refractivity contribution in [2.24, 2.45) is 10.7 Å². The van der Waals surface area contributed by atoms with E-state index in [9.17, 15) is 4.79 Å². The van der Waals surface area contributed by atoms with Gasteiger partial charge in [-0.1, -0.05) is 18.2 Å². The molecule has 6 nitrogen and oxygen atoms in total. The van der Waals surface area contributed by atoms with Gasteiger partial charge in [0.25, 0.3) is 0 Å². The molecule has 0 saturated heterocycles. The van der Waals surface area contributed by atoms with E-state index in [0.29, 0.717) is 11.4 Å². The molecule has 6 heteroatoms. The number of para-hydroxylation sites is 1. The topological polar surface area (TPSA) is 82.5 Å². The third-order valence-electron chi connectivity index (χ3n) is 3.65. The van der Waals surface area contributed by atoms with Gasteiger partial charge in [0, 0.05) is 12.3 Å². The fraction of sp³-hybridized carbons (Fsp3) is 0.0500. The molecule has 1 aromatic heterocycles. The number of aliphatic imine (C=N–C) groups is 1. The first kappa shape index (κ1) is 17.2. The van der Waals surface area contributed by atoms with E-state index in [1.165, 1.54) is 12.3 Å². The van der Waals surface area contributed by atoms with Crippen molar-refractivity contribution in [2.45, 2.75) is 0 Å². The maximum absolute atomic E-state index is 12.4. The van der Waals surface area contributed by atoms with Crippen LogP contribution in [0.15, 0.2) is 88.9 Å². The van der Waals surface area contributed by atoms with Crippen molar-refractivity contribution in [1.29, 1.82) is 0 Å². The summed E-state index contributed by atoms with van der Waals surface area (Å²) in [7, 11) is 1.61. The van der Waals surface area contributed by atoms with Crippen LogP contribution in [0.5, 0.6) is 5.75 Å². The summed E-state index contributed by atoms with van der Waals surface area (Å²) in [6.45, 7) is 0. The Morgan fingerprint density at radius 1 is 1.12 bits per heavy atom. The largest absolute Gasteiger partial charge is 0.497 e. The number of nitrogens with two attached hydrogens (primary N) is 1. The minimum absolute atomic E-state index is 0.217. The number of aromatic nitrogens is 2. The zero-order valence-corrected chi connectivity index (χ0v) is 14.2. The summed E-state index contributed by atoms with van der Waals surface area (Å²) in [5.41, 5.74) is 7.42. The molecule has 0 spiro atoms. The molecule has 0 saturated carbocycles. The molecular weight excluding hydrogens is 328 g/mol. The Hall–Kier alpha value is -3.67. The Bertz CT molecular complexity index is 990. The van der Waals surface area contributed by atoms with E-state index in [1.807, 2.05) is 54.6 Å². The number of allylic oxidation sites excluding steroid dienone is 1. The monoisotopic (exact) mass is 346 g/mol. The molecule has 0 aliphatic heterocycles. The van der Waals surface area contributed by atoms with Crippen LogP contribution in [0.3, 0.4) is 0 Å². The van der Waals surface area contributed by atoms with Gasteiger partial charge < -0.3 is 10.5 Å². The molecule has 2 aromatic carbocycles. The Kier molecular flexibility index (Phi) is 5.24. The zero-order valence-electron chi connectivity index (χ0n) is 14.2. The molecule has 3 aromatic rings. The number of methoxy groups -OCH3 is 1.